The Labute approximate surface area is 122 Å². The highest BCUT2D eigenvalue weighted by molar-refractivity contribution is 7.53. The molecule has 0 unspecified atom stereocenters. The highest BCUT2D eigenvalue weighted by atomic mass is 35.5. The largest absolute Gasteiger partial charge is 0.462 e. The zero-order valence-corrected chi connectivity index (χ0v) is 13.2. The lowest BCUT2D eigenvalue weighted by atomic mass is 10.4. The molecule has 0 spiro atoms. The Hall–Kier alpha value is -0.780. The van der Waals surface area contributed by atoms with E-state index < -0.39 is 19.7 Å². The van der Waals surface area contributed by atoms with Crippen molar-refractivity contribution >= 4 is 25.2 Å². The zero-order valence-electron chi connectivity index (χ0n) is 11.5. The number of azide groups is 1. The molecule has 0 saturated heterocycles. The molecule has 0 aliphatic rings. The summed E-state index contributed by atoms with van der Waals surface area (Å²) >= 11 is 5.43. The monoisotopic (exact) mass is 327 g/mol. The molecule has 0 rings (SSSR count). The van der Waals surface area contributed by atoms with Crippen molar-refractivity contribution in [1.82, 2.24) is 0 Å². The van der Waals surface area contributed by atoms with Gasteiger partial charge < -0.3 is 13.8 Å². The Bertz CT molecular complexity index is 379. The normalized spacial score (nSPS) is 12.6. The molecule has 0 saturated carbocycles. The fourth-order valence-corrected chi connectivity index (χ4v) is 3.28. The van der Waals surface area contributed by atoms with Crippen LogP contribution in [-0.2, 0) is 23.1 Å². The van der Waals surface area contributed by atoms with Crippen molar-refractivity contribution in [2.45, 2.75) is 26.4 Å². The van der Waals surface area contributed by atoms with E-state index in [1.165, 1.54) is 0 Å². The molecule has 0 aliphatic heterocycles. The molecule has 0 N–H and O–H groups in total. The van der Waals surface area contributed by atoms with E-state index in [4.69, 9.17) is 30.9 Å². The Morgan fingerprint density at radius 3 is 2.45 bits per heavy atom. The molecule has 0 amide bonds. The van der Waals surface area contributed by atoms with Crippen molar-refractivity contribution in [2.24, 2.45) is 5.11 Å². The van der Waals surface area contributed by atoms with Gasteiger partial charge in [-0.2, -0.15) is 0 Å². The molecule has 0 heterocycles. The molecule has 0 aromatic carbocycles. The summed E-state index contributed by atoms with van der Waals surface area (Å²) in [6, 6.07) is 0. The predicted octanol–water partition coefficient (Wildman–Crippen LogP) is 3.10. The van der Waals surface area contributed by atoms with Crippen LogP contribution in [0.5, 0.6) is 0 Å². The number of carbonyl (C=O) groups is 1. The maximum atomic E-state index is 12.3. The molecule has 116 valence electrons. The molecule has 0 aliphatic carbocycles. The molecule has 0 aromatic heterocycles. The fraction of sp³-hybridized carbons (Fsp3) is 0.900. The van der Waals surface area contributed by atoms with Crippen LogP contribution in [0.4, 0.5) is 0 Å². The van der Waals surface area contributed by atoms with Gasteiger partial charge in [0.2, 0.25) is 0 Å². The van der Waals surface area contributed by atoms with Crippen LogP contribution >= 0.6 is 19.2 Å². The number of rotatable bonds is 11. The number of alkyl halides is 1. The summed E-state index contributed by atoms with van der Waals surface area (Å²) in [5, 5.41) is 3.33. The average Bonchev–Trinajstić information content (AvgIpc) is 2.36. The van der Waals surface area contributed by atoms with Crippen LogP contribution in [0.3, 0.4) is 0 Å². The lowest BCUT2D eigenvalue weighted by molar-refractivity contribution is -0.147. The van der Waals surface area contributed by atoms with E-state index in [0.29, 0.717) is 0 Å². The number of nitrogens with zero attached hydrogens (tertiary/aromatic N) is 3. The third-order valence-electron chi connectivity index (χ3n) is 2.02. The zero-order chi connectivity index (χ0) is 15.4. The topological polar surface area (TPSA) is 111 Å². The van der Waals surface area contributed by atoms with E-state index in [1.807, 2.05) is 0 Å². The Kier molecular flexibility index (Phi) is 10.5. The van der Waals surface area contributed by atoms with Gasteiger partial charge in [0.05, 0.1) is 32.3 Å². The van der Waals surface area contributed by atoms with Gasteiger partial charge in [-0.1, -0.05) is 5.11 Å². The SMILES string of the molecule is CCOP(=O)(C[C@H](CN=[N+]=[N-])OC(=O)CCCl)OCC. The van der Waals surface area contributed by atoms with Crippen molar-refractivity contribution in [2.75, 3.05) is 31.8 Å². The minimum atomic E-state index is -3.38. The standard InChI is InChI=1S/C10H19ClN3O5P/c1-3-17-20(16,18-4-2)8-9(7-13-14-12)19-10(15)5-6-11/h9H,3-8H2,1-2H3/t9-/m0/s1. The van der Waals surface area contributed by atoms with E-state index >= 15 is 0 Å². The van der Waals surface area contributed by atoms with E-state index in [1.54, 1.807) is 13.8 Å². The first-order valence-corrected chi connectivity index (χ1v) is 8.42. The van der Waals surface area contributed by atoms with Crippen LogP contribution in [0.15, 0.2) is 5.11 Å². The first kappa shape index (κ1) is 19.2. The lowest BCUT2D eigenvalue weighted by Gasteiger charge is -2.22. The summed E-state index contributed by atoms with van der Waals surface area (Å²) in [5.74, 6) is -0.445. The van der Waals surface area contributed by atoms with Crippen molar-refractivity contribution in [3.8, 4) is 0 Å². The van der Waals surface area contributed by atoms with Gasteiger partial charge in [-0.15, -0.1) is 11.6 Å². The van der Waals surface area contributed by atoms with Gasteiger partial charge >= 0.3 is 13.6 Å². The Morgan fingerprint density at radius 2 is 2.00 bits per heavy atom. The van der Waals surface area contributed by atoms with Gasteiger partial charge in [0, 0.05) is 10.8 Å². The molecule has 8 nitrogen and oxygen atoms in total. The Morgan fingerprint density at radius 1 is 1.40 bits per heavy atom. The number of carbonyl (C=O) groups excluding carboxylic acids is 1. The summed E-state index contributed by atoms with van der Waals surface area (Å²) < 4.78 is 27.6. The van der Waals surface area contributed by atoms with Gasteiger partial charge in [-0.25, -0.2) is 0 Å². The summed E-state index contributed by atoms with van der Waals surface area (Å²) in [4.78, 5) is 14.0. The van der Waals surface area contributed by atoms with Crippen LogP contribution in [0, 0.1) is 0 Å². The van der Waals surface area contributed by atoms with E-state index in [0.717, 1.165) is 0 Å². The highest BCUT2D eigenvalue weighted by Gasteiger charge is 2.30. The van der Waals surface area contributed by atoms with Gasteiger partial charge in [-0.3, -0.25) is 9.36 Å². The highest BCUT2D eigenvalue weighted by Crippen LogP contribution is 2.48. The summed E-state index contributed by atoms with van der Waals surface area (Å²) in [7, 11) is -3.38. The molecular formula is C10H19ClN3O5P. The predicted molar refractivity (Wildman–Crippen MR) is 75.0 cm³/mol. The average molecular weight is 328 g/mol. The summed E-state index contributed by atoms with van der Waals surface area (Å²) in [5.41, 5.74) is 8.32. The van der Waals surface area contributed by atoms with Crippen molar-refractivity contribution in [3.05, 3.63) is 10.4 Å². The molecule has 0 radical (unpaired) electrons. The number of hydrogen-bond acceptors (Lipinski definition) is 6. The molecule has 0 bridgehead atoms. The van der Waals surface area contributed by atoms with Crippen molar-refractivity contribution < 1.29 is 23.1 Å². The van der Waals surface area contributed by atoms with Crippen LogP contribution < -0.4 is 0 Å². The van der Waals surface area contributed by atoms with Crippen LogP contribution in [0.25, 0.3) is 10.4 Å². The lowest BCUT2D eigenvalue weighted by Crippen LogP contribution is -2.26. The minimum absolute atomic E-state index is 0.0158. The molecule has 10 heteroatoms. The van der Waals surface area contributed by atoms with Gasteiger partial charge in [0.15, 0.2) is 0 Å². The van der Waals surface area contributed by atoms with Crippen molar-refractivity contribution in [3.63, 3.8) is 0 Å². The second-order valence-electron chi connectivity index (χ2n) is 3.59. The maximum Gasteiger partial charge on any atom is 0.334 e. The third-order valence-corrected chi connectivity index (χ3v) is 4.37. The minimum Gasteiger partial charge on any atom is -0.462 e. The molecule has 20 heavy (non-hydrogen) atoms. The molecule has 0 aromatic rings. The maximum absolute atomic E-state index is 12.3. The first-order chi connectivity index (χ1) is 9.51. The number of esters is 1. The number of halogens is 1. The van der Waals surface area contributed by atoms with Crippen LogP contribution in [0.2, 0.25) is 0 Å². The number of hydrogen-bond donors (Lipinski definition) is 0. The quantitative estimate of drug-likeness (QED) is 0.144. The molecular weight excluding hydrogens is 309 g/mol. The van der Waals surface area contributed by atoms with Gasteiger partial charge in [-0.05, 0) is 19.4 Å². The van der Waals surface area contributed by atoms with Gasteiger partial charge in [0.25, 0.3) is 0 Å². The van der Waals surface area contributed by atoms with E-state index in [9.17, 15) is 9.36 Å². The van der Waals surface area contributed by atoms with Crippen molar-refractivity contribution in [1.29, 1.82) is 0 Å². The molecule has 0 fully saturated rings. The summed E-state index contributed by atoms with van der Waals surface area (Å²) in [6.07, 6.45) is -1.02. The Balaban J connectivity index is 4.78. The molecule has 1 atom stereocenters. The summed E-state index contributed by atoms with van der Waals surface area (Å²) in [6.45, 7) is 3.60. The van der Waals surface area contributed by atoms with Gasteiger partial charge in [0.1, 0.15) is 6.10 Å². The van der Waals surface area contributed by atoms with E-state index in [-0.39, 0.29) is 38.2 Å². The fourth-order valence-electron chi connectivity index (χ4n) is 1.37. The number of ether oxygens (including phenoxy) is 1. The third kappa shape index (κ3) is 8.40. The second kappa shape index (κ2) is 10.9. The van der Waals surface area contributed by atoms with Crippen LogP contribution in [0.1, 0.15) is 20.3 Å². The smallest absolute Gasteiger partial charge is 0.334 e. The van der Waals surface area contributed by atoms with E-state index in [2.05, 4.69) is 10.0 Å². The second-order valence-corrected chi connectivity index (χ2v) is 6.07. The first-order valence-electron chi connectivity index (χ1n) is 6.15. The van der Waals surface area contributed by atoms with Crippen LogP contribution in [-0.4, -0.2) is 43.9 Å².